The van der Waals surface area contributed by atoms with Crippen molar-refractivity contribution < 1.29 is 8.83 Å². The average Bonchev–Trinajstić information content (AvgIpc) is 3.89. The van der Waals surface area contributed by atoms with Gasteiger partial charge in [-0.25, -0.2) is 0 Å². The molecule has 2 heteroatoms. The van der Waals surface area contributed by atoms with E-state index in [9.17, 15) is 0 Å². The van der Waals surface area contributed by atoms with Gasteiger partial charge in [-0.1, -0.05) is 134 Å². The van der Waals surface area contributed by atoms with Crippen LogP contribution >= 0.6 is 0 Å². The Morgan fingerprint density at radius 3 is 1.18 bits per heavy atom. The Kier molecular flexibility index (Phi) is 7.95. The van der Waals surface area contributed by atoms with Crippen molar-refractivity contribution in [1.29, 1.82) is 0 Å². The maximum atomic E-state index is 6.57. The summed E-state index contributed by atoms with van der Waals surface area (Å²) in [6.45, 7) is 6.08. The highest BCUT2D eigenvalue weighted by atomic mass is 16.4. The van der Waals surface area contributed by atoms with Crippen molar-refractivity contribution in [1.82, 2.24) is 0 Å². The van der Waals surface area contributed by atoms with Crippen LogP contribution in [0.15, 0.2) is 203 Å². The van der Waals surface area contributed by atoms with Gasteiger partial charge in [-0.3, -0.25) is 0 Å². The van der Waals surface area contributed by atoms with E-state index in [1.54, 1.807) is 0 Å². The zero-order chi connectivity index (χ0) is 40.6. The van der Waals surface area contributed by atoms with Gasteiger partial charge in [-0.15, -0.1) is 0 Å². The Hall–Kier alpha value is -7.94. The first-order valence-electron chi connectivity index (χ1n) is 20.9. The fourth-order valence-corrected chi connectivity index (χ4v) is 9.27. The van der Waals surface area contributed by atoms with Gasteiger partial charge in [-0.05, 0) is 168 Å². The van der Waals surface area contributed by atoms with Gasteiger partial charge in [0.1, 0.15) is 11.2 Å². The van der Waals surface area contributed by atoms with Crippen LogP contribution in [0.5, 0.6) is 0 Å². The predicted molar refractivity (Wildman–Crippen MR) is 260 cm³/mol. The number of hydrogen-bond donors (Lipinski definition) is 0. The van der Waals surface area contributed by atoms with Gasteiger partial charge in [0.05, 0.1) is 0 Å². The molecule has 0 fully saturated rings. The van der Waals surface area contributed by atoms with Gasteiger partial charge < -0.3 is 8.83 Å². The molecule has 10 aromatic carbocycles. The standard InChI is InChI=1S/C59H38O2/c1-3-7-37-10-12-40(28-36(37)4-2)42-14-15-46-32-48(20-18-44(46)30-42)50-22-26-56-54(34-50)52-24-25-53-55-35-51(23-27-57(55)61-59(53)58(52)60-56)49-21-19-45-31-43(16-17-47(45)33-49)41-13-11-38-8-5-6-9-39(38)29-41/h3-35H,2H2,1H3/b7-3-. The first-order valence-corrected chi connectivity index (χ1v) is 20.9. The normalized spacial score (nSPS) is 12.0. The van der Waals surface area contributed by atoms with Crippen molar-refractivity contribution in [2.24, 2.45) is 0 Å². The summed E-state index contributed by atoms with van der Waals surface area (Å²) < 4.78 is 13.1. The molecule has 0 aliphatic rings. The van der Waals surface area contributed by atoms with E-state index in [-0.39, 0.29) is 0 Å². The van der Waals surface area contributed by atoms with Crippen molar-refractivity contribution in [3.05, 3.63) is 206 Å². The highest BCUT2D eigenvalue weighted by Crippen LogP contribution is 2.41. The molecule has 0 aliphatic heterocycles. The van der Waals surface area contributed by atoms with Crippen LogP contribution in [0, 0.1) is 0 Å². The maximum Gasteiger partial charge on any atom is 0.178 e. The van der Waals surface area contributed by atoms with Gasteiger partial charge in [-0.2, -0.15) is 0 Å². The fraction of sp³-hybridized carbons (Fsp3) is 0.0169. The molecule has 61 heavy (non-hydrogen) atoms. The molecule has 12 rings (SSSR count). The number of hydrogen-bond acceptors (Lipinski definition) is 2. The molecular weight excluding hydrogens is 741 g/mol. The molecule has 0 radical (unpaired) electrons. The van der Waals surface area contributed by atoms with Gasteiger partial charge in [0.15, 0.2) is 11.2 Å². The molecule has 286 valence electrons. The number of rotatable bonds is 6. The summed E-state index contributed by atoms with van der Waals surface area (Å²) in [4.78, 5) is 0. The second-order valence-electron chi connectivity index (χ2n) is 16.1. The zero-order valence-corrected chi connectivity index (χ0v) is 33.6. The number of allylic oxidation sites excluding steroid dienone is 1. The summed E-state index contributed by atoms with van der Waals surface area (Å²) in [5.41, 5.74) is 15.0. The smallest absolute Gasteiger partial charge is 0.178 e. The first-order chi connectivity index (χ1) is 30.1. The minimum atomic E-state index is 0.778. The number of fused-ring (bicyclic) bond motifs is 10. The van der Waals surface area contributed by atoms with Crippen molar-refractivity contribution >= 4 is 88.3 Å². The number of benzene rings is 10. The van der Waals surface area contributed by atoms with E-state index in [0.717, 1.165) is 66.1 Å². The molecule has 0 amide bonds. The summed E-state index contributed by atoms with van der Waals surface area (Å²) in [5, 5.41) is 11.6. The molecule has 0 aliphatic carbocycles. The van der Waals surface area contributed by atoms with Crippen LogP contribution in [-0.4, -0.2) is 0 Å². The molecule has 12 aromatic rings. The van der Waals surface area contributed by atoms with E-state index < -0.39 is 0 Å². The van der Waals surface area contributed by atoms with Crippen LogP contribution in [0.2, 0.25) is 0 Å². The summed E-state index contributed by atoms with van der Waals surface area (Å²) in [7, 11) is 0. The summed E-state index contributed by atoms with van der Waals surface area (Å²) in [6, 6.07) is 66.1. The van der Waals surface area contributed by atoms with E-state index in [0.29, 0.717) is 0 Å². The Morgan fingerprint density at radius 2 is 0.721 bits per heavy atom. The Bertz CT molecular complexity index is 3800. The van der Waals surface area contributed by atoms with E-state index in [1.165, 1.54) is 65.7 Å². The van der Waals surface area contributed by atoms with Crippen LogP contribution in [0.4, 0.5) is 0 Å². The molecule has 0 atom stereocenters. The van der Waals surface area contributed by atoms with Gasteiger partial charge >= 0.3 is 0 Å². The minimum absolute atomic E-state index is 0.778. The quantitative estimate of drug-likeness (QED) is 0.168. The lowest BCUT2D eigenvalue weighted by Crippen LogP contribution is -1.85. The minimum Gasteiger partial charge on any atom is -0.452 e. The van der Waals surface area contributed by atoms with E-state index >= 15 is 0 Å². The Morgan fingerprint density at radius 1 is 0.344 bits per heavy atom. The summed E-state index contributed by atoms with van der Waals surface area (Å²) in [5.74, 6) is 0. The van der Waals surface area contributed by atoms with Crippen LogP contribution in [0.1, 0.15) is 18.1 Å². The largest absolute Gasteiger partial charge is 0.452 e. The highest BCUT2D eigenvalue weighted by Gasteiger charge is 2.18. The molecule has 0 saturated carbocycles. The molecule has 0 saturated heterocycles. The SMILES string of the molecule is C=Cc1cc(-c2ccc3cc(-c4ccc5oc6c(ccc7c8cc(-c9ccc%10cc(-c%11ccc%12ccccc%12c%11)ccc%10c9)ccc8oc76)c5c4)ccc3c2)ccc1/C=C\C. The summed E-state index contributed by atoms with van der Waals surface area (Å²) in [6.07, 6.45) is 6.11. The molecule has 0 unspecified atom stereocenters. The molecule has 2 nitrogen and oxygen atoms in total. The van der Waals surface area contributed by atoms with E-state index in [2.05, 4.69) is 201 Å². The van der Waals surface area contributed by atoms with Crippen LogP contribution in [-0.2, 0) is 0 Å². The molecule has 0 spiro atoms. The Balaban J connectivity index is 0.860. The fourth-order valence-electron chi connectivity index (χ4n) is 9.27. The molecular formula is C59H38O2. The average molecular weight is 779 g/mol. The lowest BCUT2D eigenvalue weighted by molar-refractivity contribution is 0.633. The van der Waals surface area contributed by atoms with E-state index in [4.69, 9.17) is 8.83 Å². The predicted octanol–water partition coefficient (Wildman–Crippen LogP) is 17.3. The van der Waals surface area contributed by atoms with Crippen LogP contribution < -0.4 is 0 Å². The molecule has 0 bridgehead atoms. The number of furan rings is 2. The van der Waals surface area contributed by atoms with Gasteiger partial charge in [0.25, 0.3) is 0 Å². The molecule has 2 aromatic heterocycles. The third kappa shape index (κ3) is 5.87. The lowest BCUT2D eigenvalue weighted by atomic mass is 9.95. The summed E-state index contributed by atoms with van der Waals surface area (Å²) >= 11 is 0. The van der Waals surface area contributed by atoms with Gasteiger partial charge in [0.2, 0.25) is 0 Å². The third-order valence-electron chi connectivity index (χ3n) is 12.5. The monoisotopic (exact) mass is 778 g/mol. The van der Waals surface area contributed by atoms with Crippen molar-refractivity contribution in [3.8, 4) is 44.5 Å². The van der Waals surface area contributed by atoms with Crippen molar-refractivity contribution in [2.45, 2.75) is 6.92 Å². The third-order valence-corrected chi connectivity index (χ3v) is 12.5. The van der Waals surface area contributed by atoms with Crippen molar-refractivity contribution in [2.75, 3.05) is 0 Å². The van der Waals surface area contributed by atoms with Crippen LogP contribution in [0.3, 0.4) is 0 Å². The topological polar surface area (TPSA) is 26.3 Å². The second-order valence-corrected chi connectivity index (χ2v) is 16.1. The van der Waals surface area contributed by atoms with Crippen molar-refractivity contribution in [3.63, 3.8) is 0 Å². The Labute approximate surface area is 352 Å². The lowest BCUT2D eigenvalue weighted by Gasteiger charge is -2.09. The maximum absolute atomic E-state index is 6.57. The second kappa shape index (κ2) is 13.8. The van der Waals surface area contributed by atoms with E-state index in [1.807, 2.05) is 13.0 Å². The highest BCUT2D eigenvalue weighted by molar-refractivity contribution is 6.19. The van der Waals surface area contributed by atoms with Crippen LogP contribution in [0.25, 0.3) is 133 Å². The zero-order valence-electron chi connectivity index (χ0n) is 33.6. The molecule has 0 N–H and O–H groups in total. The van der Waals surface area contributed by atoms with Gasteiger partial charge in [0, 0.05) is 21.5 Å². The first kappa shape index (κ1) is 35.0. The molecule has 2 heterocycles.